The second-order valence-corrected chi connectivity index (χ2v) is 3.33. The lowest BCUT2D eigenvalue weighted by atomic mass is 10.1. The largest absolute Gasteiger partial charge is 0.400 e. The van der Waals surface area contributed by atoms with E-state index in [4.69, 9.17) is 9.84 Å². The maximum atomic E-state index is 7.00. The minimum Gasteiger partial charge on any atom is -0.400 e. The van der Waals surface area contributed by atoms with Crippen LogP contribution in [0.5, 0.6) is 0 Å². The van der Waals surface area contributed by atoms with E-state index in [0.29, 0.717) is 6.10 Å². The van der Waals surface area contributed by atoms with Gasteiger partial charge in [0, 0.05) is 14.2 Å². The van der Waals surface area contributed by atoms with Gasteiger partial charge in [0.1, 0.15) is 0 Å². The smallest absolute Gasteiger partial charge is 0.0599 e. The summed E-state index contributed by atoms with van der Waals surface area (Å²) in [6, 6.07) is 0. The van der Waals surface area contributed by atoms with Gasteiger partial charge in [0.2, 0.25) is 0 Å². The molecule has 0 amide bonds. The standard InChI is InChI=1S/C8H16O.CH4O/c1-6-4-7(2)8(5-6)9-3;1-2/h6-8H,4-5H2,1-3H3;2H,1H3. The molecule has 1 N–H and O–H groups in total. The first-order chi connectivity index (χ1) is 5.24. The van der Waals surface area contributed by atoms with Crippen LogP contribution in [0, 0.1) is 11.8 Å². The number of hydrogen-bond donors (Lipinski definition) is 1. The lowest BCUT2D eigenvalue weighted by Crippen LogP contribution is -2.12. The van der Waals surface area contributed by atoms with Gasteiger partial charge in [-0.3, -0.25) is 0 Å². The Balaban J connectivity index is 0.000000461. The fourth-order valence-electron chi connectivity index (χ4n) is 1.84. The highest BCUT2D eigenvalue weighted by Gasteiger charge is 2.27. The summed E-state index contributed by atoms with van der Waals surface area (Å²) in [6.07, 6.45) is 3.15. The SMILES string of the molecule is CO.COC1CC(C)CC1C. The molecule has 11 heavy (non-hydrogen) atoms. The third kappa shape index (κ3) is 3.21. The van der Waals surface area contributed by atoms with Crippen molar-refractivity contribution < 1.29 is 9.84 Å². The predicted molar refractivity (Wildman–Crippen MR) is 46.5 cm³/mol. The van der Waals surface area contributed by atoms with E-state index in [1.807, 2.05) is 7.11 Å². The van der Waals surface area contributed by atoms with Crippen LogP contribution in [0.3, 0.4) is 0 Å². The third-order valence-corrected chi connectivity index (χ3v) is 2.35. The van der Waals surface area contributed by atoms with Crippen molar-refractivity contribution in [2.24, 2.45) is 11.8 Å². The van der Waals surface area contributed by atoms with Crippen LogP contribution in [-0.4, -0.2) is 25.4 Å². The molecule has 1 aliphatic carbocycles. The normalized spacial score (nSPS) is 36.3. The van der Waals surface area contributed by atoms with Crippen molar-refractivity contribution in [3.8, 4) is 0 Å². The molecule has 2 heteroatoms. The summed E-state index contributed by atoms with van der Waals surface area (Å²) >= 11 is 0. The average molecular weight is 160 g/mol. The Hall–Kier alpha value is -0.0800. The summed E-state index contributed by atoms with van der Waals surface area (Å²) in [5.41, 5.74) is 0. The van der Waals surface area contributed by atoms with Crippen LogP contribution in [0.2, 0.25) is 0 Å². The van der Waals surface area contributed by atoms with Crippen molar-refractivity contribution in [3.63, 3.8) is 0 Å². The van der Waals surface area contributed by atoms with Gasteiger partial charge in [-0.1, -0.05) is 13.8 Å². The molecular weight excluding hydrogens is 140 g/mol. The van der Waals surface area contributed by atoms with E-state index in [0.717, 1.165) is 18.9 Å². The molecule has 0 aliphatic heterocycles. The molecule has 0 aromatic heterocycles. The second-order valence-electron chi connectivity index (χ2n) is 3.33. The molecule has 68 valence electrons. The van der Waals surface area contributed by atoms with Gasteiger partial charge >= 0.3 is 0 Å². The van der Waals surface area contributed by atoms with Crippen molar-refractivity contribution in [1.82, 2.24) is 0 Å². The van der Waals surface area contributed by atoms with Gasteiger partial charge in [-0.25, -0.2) is 0 Å². The average Bonchev–Trinajstić information content (AvgIpc) is 2.33. The fraction of sp³-hybridized carbons (Fsp3) is 1.00. The molecule has 0 aromatic carbocycles. The van der Waals surface area contributed by atoms with Crippen molar-refractivity contribution >= 4 is 0 Å². The van der Waals surface area contributed by atoms with E-state index in [1.54, 1.807) is 0 Å². The summed E-state index contributed by atoms with van der Waals surface area (Å²) in [5, 5.41) is 7.00. The van der Waals surface area contributed by atoms with Gasteiger partial charge in [-0.15, -0.1) is 0 Å². The zero-order chi connectivity index (χ0) is 8.85. The Morgan fingerprint density at radius 2 is 1.73 bits per heavy atom. The number of rotatable bonds is 1. The molecule has 0 radical (unpaired) electrons. The van der Waals surface area contributed by atoms with Crippen LogP contribution in [0.1, 0.15) is 26.7 Å². The van der Waals surface area contributed by atoms with Gasteiger partial charge in [0.05, 0.1) is 6.10 Å². The maximum Gasteiger partial charge on any atom is 0.0599 e. The quantitative estimate of drug-likeness (QED) is 0.632. The highest BCUT2D eigenvalue weighted by Crippen LogP contribution is 2.31. The molecule has 0 aromatic rings. The topological polar surface area (TPSA) is 29.5 Å². The number of aliphatic hydroxyl groups excluding tert-OH is 1. The van der Waals surface area contributed by atoms with Crippen LogP contribution in [0.15, 0.2) is 0 Å². The van der Waals surface area contributed by atoms with Crippen LogP contribution < -0.4 is 0 Å². The number of methoxy groups -OCH3 is 1. The van der Waals surface area contributed by atoms with Crippen LogP contribution in [-0.2, 0) is 4.74 Å². The van der Waals surface area contributed by atoms with E-state index >= 15 is 0 Å². The van der Waals surface area contributed by atoms with E-state index < -0.39 is 0 Å². The molecule has 0 saturated heterocycles. The van der Waals surface area contributed by atoms with Crippen molar-refractivity contribution in [2.45, 2.75) is 32.8 Å². The minimum absolute atomic E-state index is 0.542. The summed E-state index contributed by atoms with van der Waals surface area (Å²) in [4.78, 5) is 0. The van der Waals surface area contributed by atoms with Crippen molar-refractivity contribution in [2.75, 3.05) is 14.2 Å². The Bertz CT molecular complexity index is 93.6. The molecule has 2 nitrogen and oxygen atoms in total. The van der Waals surface area contributed by atoms with Crippen LogP contribution >= 0.6 is 0 Å². The monoisotopic (exact) mass is 160 g/mol. The number of aliphatic hydroxyl groups is 1. The summed E-state index contributed by atoms with van der Waals surface area (Å²) in [7, 11) is 2.82. The summed E-state index contributed by atoms with van der Waals surface area (Å²) in [6.45, 7) is 4.58. The summed E-state index contributed by atoms with van der Waals surface area (Å²) in [5.74, 6) is 1.66. The molecule has 1 fully saturated rings. The Kier molecular flexibility index (Phi) is 5.51. The zero-order valence-electron chi connectivity index (χ0n) is 8.00. The molecule has 3 atom stereocenters. The first kappa shape index (κ1) is 10.9. The van der Waals surface area contributed by atoms with Gasteiger partial charge in [-0.05, 0) is 24.7 Å². The second kappa shape index (κ2) is 5.56. The Morgan fingerprint density at radius 3 is 1.91 bits per heavy atom. The van der Waals surface area contributed by atoms with E-state index in [9.17, 15) is 0 Å². The number of hydrogen-bond acceptors (Lipinski definition) is 2. The maximum absolute atomic E-state index is 7.00. The summed E-state index contributed by atoms with van der Waals surface area (Å²) < 4.78 is 5.29. The van der Waals surface area contributed by atoms with Gasteiger partial charge in [0.15, 0.2) is 0 Å². The molecule has 0 spiro atoms. The molecule has 3 unspecified atom stereocenters. The Morgan fingerprint density at radius 1 is 1.18 bits per heavy atom. The zero-order valence-corrected chi connectivity index (χ0v) is 8.00. The Labute approximate surface area is 69.6 Å². The molecule has 1 aliphatic rings. The van der Waals surface area contributed by atoms with Gasteiger partial charge in [0.25, 0.3) is 0 Å². The first-order valence-corrected chi connectivity index (χ1v) is 4.21. The predicted octanol–water partition coefficient (Wildman–Crippen LogP) is 1.68. The third-order valence-electron chi connectivity index (χ3n) is 2.35. The van der Waals surface area contributed by atoms with Gasteiger partial charge in [-0.2, -0.15) is 0 Å². The van der Waals surface area contributed by atoms with Gasteiger partial charge < -0.3 is 9.84 Å². The van der Waals surface area contributed by atoms with Crippen molar-refractivity contribution in [3.05, 3.63) is 0 Å². The molecule has 0 heterocycles. The fourth-order valence-corrected chi connectivity index (χ4v) is 1.84. The van der Waals surface area contributed by atoms with Crippen molar-refractivity contribution in [1.29, 1.82) is 0 Å². The molecule has 1 saturated carbocycles. The lowest BCUT2D eigenvalue weighted by Gasteiger charge is -2.11. The van der Waals surface area contributed by atoms with Crippen LogP contribution in [0.25, 0.3) is 0 Å². The molecule has 1 rings (SSSR count). The molecule has 0 bridgehead atoms. The molecular formula is C9H20O2. The first-order valence-electron chi connectivity index (χ1n) is 4.21. The lowest BCUT2D eigenvalue weighted by molar-refractivity contribution is 0.0760. The van der Waals surface area contributed by atoms with E-state index in [-0.39, 0.29) is 0 Å². The van der Waals surface area contributed by atoms with E-state index in [2.05, 4.69) is 13.8 Å². The highest BCUT2D eigenvalue weighted by molar-refractivity contribution is 4.78. The number of ether oxygens (including phenoxy) is 1. The van der Waals surface area contributed by atoms with E-state index in [1.165, 1.54) is 12.8 Å². The minimum atomic E-state index is 0.542. The highest BCUT2D eigenvalue weighted by atomic mass is 16.5. The van der Waals surface area contributed by atoms with Crippen LogP contribution in [0.4, 0.5) is 0 Å².